The number of anilines is 1. The van der Waals surface area contributed by atoms with Crippen LogP contribution in [0, 0.1) is 0 Å². The molecule has 0 atom stereocenters. The van der Waals surface area contributed by atoms with Crippen LogP contribution in [0.4, 0.5) is 5.82 Å². The number of sulfonamides is 1. The third-order valence-corrected chi connectivity index (χ3v) is 5.11. The van der Waals surface area contributed by atoms with Gasteiger partial charge >= 0.3 is 0 Å². The largest absolute Gasteiger partial charge is 0.337 e. The first kappa shape index (κ1) is 16.0. The van der Waals surface area contributed by atoms with Crippen molar-refractivity contribution < 1.29 is 13.2 Å². The van der Waals surface area contributed by atoms with E-state index in [1.165, 1.54) is 0 Å². The van der Waals surface area contributed by atoms with Gasteiger partial charge in [-0.05, 0) is 22.4 Å². The van der Waals surface area contributed by atoms with Gasteiger partial charge in [-0.25, -0.2) is 8.42 Å². The van der Waals surface area contributed by atoms with E-state index in [-0.39, 0.29) is 5.91 Å². The topological polar surface area (TPSA) is 84.3 Å². The summed E-state index contributed by atoms with van der Waals surface area (Å²) in [6, 6.07) is 1.94. The molecule has 3 heterocycles. The maximum absolute atomic E-state index is 12.4. The van der Waals surface area contributed by atoms with Crippen molar-refractivity contribution in [3.8, 4) is 0 Å². The molecule has 124 valence electrons. The van der Waals surface area contributed by atoms with E-state index in [4.69, 9.17) is 0 Å². The van der Waals surface area contributed by atoms with Crippen molar-refractivity contribution in [2.45, 2.75) is 19.4 Å². The van der Waals surface area contributed by atoms with E-state index in [9.17, 15) is 13.2 Å². The van der Waals surface area contributed by atoms with E-state index in [1.807, 2.05) is 16.8 Å². The summed E-state index contributed by atoms with van der Waals surface area (Å²) in [7, 11) is -1.62. The highest BCUT2D eigenvalue weighted by Crippen LogP contribution is 2.26. The standard InChI is InChI=1S/C14H18N4O3S2/c1-17-12-3-5-18(13(19)7-10-4-6-22-9-10)8-11(12)14(15-17)16-23(2,20)21/h4,6,9H,3,5,7-8H2,1-2H3,(H,15,16). The van der Waals surface area contributed by atoms with E-state index in [0.29, 0.717) is 31.7 Å². The quantitative estimate of drug-likeness (QED) is 0.887. The van der Waals surface area contributed by atoms with Crippen molar-refractivity contribution in [1.29, 1.82) is 0 Å². The highest BCUT2D eigenvalue weighted by atomic mass is 32.2. The van der Waals surface area contributed by atoms with E-state index < -0.39 is 10.0 Å². The number of rotatable bonds is 4. The van der Waals surface area contributed by atoms with Gasteiger partial charge in [-0.3, -0.25) is 14.2 Å². The van der Waals surface area contributed by atoms with Crippen LogP contribution in [0.15, 0.2) is 16.8 Å². The van der Waals surface area contributed by atoms with Gasteiger partial charge in [-0.2, -0.15) is 16.4 Å². The van der Waals surface area contributed by atoms with E-state index >= 15 is 0 Å². The maximum Gasteiger partial charge on any atom is 0.231 e. The molecular weight excluding hydrogens is 336 g/mol. The number of hydrogen-bond acceptors (Lipinski definition) is 5. The summed E-state index contributed by atoms with van der Waals surface area (Å²) in [5.41, 5.74) is 2.75. The molecule has 9 heteroatoms. The molecule has 0 fully saturated rings. The van der Waals surface area contributed by atoms with Crippen LogP contribution in [-0.2, 0) is 41.3 Å². The number of fused-ring (bicyclic) bond motifs is 1. The SMILES string of the molecule is Cn1nc(NS(C)(=O)=O)c2c1CCN(C(=O)Cc1ccsc1)C2. The second-order valence-corrected chi connectivity index (χ2v) is 8.17. The van der Waals surface area contributed by atoms with Gasteiger partial charge in [-0.15, -0.1) is 0 Å². The Hall–Kier alpha value is -1.87. The minimum absolute atomic E-state index is 0.0446. The molecule has 2 aromatic heterocycles. The molecule has 7 nitrogen and oxygen atoms in total. The number of nitrogens with one attached hydrogen (secondary N) is 1. The fourth-order valence-electron chi connectivity index (χ4n) is 2.74. The lowest BCUT2D eigenvalue weighted by Crippen LogP contribution is -2.37. The Balaban J connectivity index is 1.80. The summed E-state index contributed by atoms with van der Waals surface area (Å²) < 4.78 is 27.1. The number of amides is 1. The second-order valence-electron chi connectivity index (χ2n) is 5.65. The van der Waals surface area contributed by atoms with Crippen LogP contribution in [-0.4, -0.2) is 41.8 Å². The molecule has 2 aromatic rings. The number of aromatic nitrogens is 2. The molecule has 0 unspecified atom stereocenters. The van der Waals surface area contributed by atoms with Gasteiger partial charge in [-0.1, -0.05) is 0 Å². The Bertz CT molecular complexity index is 825. The Morgan fingerprint density at radius 3 is 2.91 bits per heavy atom. The van der Waals surface area contributed by atoms with Crippen LogP contribution >= 0.6 is 11.3 Å². The monoisotopic (exact) mass is 354 g/mol. The summed E-state index contributed by atoms with van der Waals surface area (Å²) in [6.45, 7) is 0.998. The van der Waals surface area contributed by atoms with Crippen LogP contribution in [0.3, 0.4) is 0 Å². The predicted octanol–water partition coefficient (Wildman–Crippen LogP) is 0.981. The highest BCUT2D eigenvalue weighted by Gasteiger charge is 2.27. The van der Waals surface area contributed by atoms with Crippen LogP contribution in [0.5, 0.6) is 0 Å². The molecule has 0 spiro atoms. The van der Waals surface area contributed by atoms with Gasteiger partial charge in [0.1, 0.15) is 0 Å². The highest BCUT2D eigenvalue weighted by molar-refractivity contribution is 7.92. The smallest absolute Gasteiger partial charge is 0.231 e. The van der Waals surface area contributed by atoms with Crippen molar-refractivity contribution in [3.63, 3.8) is 0 Å². The molecule has 1 aliphatic heterocycles. The summed E-state index contributed by atoms with van der Waals surface area (Å²) in [5.74, 6) is 0.362. The van der Waals surface area contributed by atoms with Crippen LogP contribution in [0.25, 0.3) is 0 Å². The molecule has 0 bridgehead atoms. The number of carbonyl (C=O) groups is 1. The molecule has 1 N–H and O–H groups in total. The Kier molecular flexibility index (Phi) is 4.15. The van der Waals surface area contributed by atoms with Crippen molar-refractivity contribution in [1.82, 2.24) is 14.7 Å². The van der Waals surface area contributed by atoms with Gasteiger partial charge in [0.2, 0.25) is 15.9 Å². The zero-order valence-corrected chi connectivity index (χ0v) is 14.6. The Labute approximate surface area is 139 Å². The van der Waals surface area contributed by atoms with Crippen molar-refractivity contribution in [3.05, 3.63) is 33.6 Å². The van der Waals surface area contributed by atoms with E-state index in [2.05, 4.69) is 9.82 Å². The second kappa shape index (κ2) is 5.97. The molecule has 0 saturated carbocycles. The molecule has 1 amide bonds. The maximum atomic E-state index is 12.4. The third-order valence-electron chi connectivity index (χ3n) is 3.81. The molecular formula is C14H18N4O3S2. The average Bonchev–Trinajstić information content (AvgIpc) is 3.06. The summed E-state index contributed by atoms with van der Waals surface area (Å²) in [6.07, 6.45) is 2.13. The zero-order valence-electron chi connectivity index (χ0n) is 12.9. The molecule has 0 radical (unpaired) electrons. The lowest BCUT2D eigenvalue weighted by Gasteiger charge is -2.27. The minimum atomic E-state index is -3.40. The normalized spacial score (nSPS) is 14.6. The van der Waals surface area contributed by atoms with Crippen molar-refractivity contribution in [2.75, 3.05) is 17.5 Å². The van der Waals surface area contributed by atoms with E-state index in [1.54, 1.807) is 28.0 Å². The number of hydrogen-bond donors (Lipinski definition) is 1. The first-order valence-electron chi connectivity index (χ1n) is 7.15. The molecule has 3 rings (SSSR count). The summed E-state index contributed by atoms with van der Waals surface area (Å²) in [4.78, 5) is 14.2. The first-order valence-corrected chi connectivity index (χ1v) is 9.98. The van der Waals surface area contributed by atoms with Crippen LogP contribution in [0.2, 0.25) is 0 Å². The average molecular weight is 354 g/mol. The van der Waals surface area contributed by atoms with Crippen molar-refractivity contribution in [2.24, 2.45) is 7.05 Å². The number of aryl methyl sites for hydroxylation is 1. The zero-order chi connectivity index (χ0) is 16.6. The molecule has 0 aromatic carbocycles. The number of nitrogens with zero attached hydrogens (tertiary/aromatic N) is 3. The predicted molar refractivity (Wildman–Crippen MR) is 88.8 cm³/mol. The van der Waals surface area contributed by atoms with Crippen LogP contribution in [0.1, 0.15) is 16.8 Å². The third kappa shape index (κ3) is 3.56. The lowest BCUT2D eigenvalue weighted by atomic mass is 10.1. The Morgan fingerprint density at radius 1 is 1.48 bits per heavy atom. The minimum Gasteiger partial charge on any atom is -0.337 e. The van der Waals surface area contributed by atoms with Crippen LogP contribution < -0.4 is 4.72 Å². The fraction of sp³-hybridized carbons (Fsp3) is 0.429. The summed E-state index contributed by atoms with van der Waals surface area (Å²) in [5, 5.41) is 8.15. The van der Waals surface area contributed by atoms with Crippen molar-refractivity contribution >= 4 is 33.1 Å². The number of carbonyl (C=O) groups excluding carboxylic acids is 1. The van der Waals surface area contributed by atoms with Gasteiger partial charge in [0.15, 0.2) is 5.82 Å². The number of thiophene rings is 1. The molecule has 23 heavy (non-hydrogen) atoms. The van der Waals surface area contributed by atoms with E-state index in [0.717, 1.165) is 23.1 Å². The van der Waals surface area contributed by atoms with Gasteiger partial charge in [0, 0.05) is 31.3 Å². The Morgan fingerprint density at radius 2 is 2.26 bits per heavy atom. The van der Waals surface area contributed by atoms with Gasteiger partial charge in [0.05, 0.1) is 19.2 Å². The summed E-state index contributed by atoms with van der Waals surface area (Å²) >= 11 is 1.57. The molecule has 1 aliphatic rings. The molecule has 0 saturated heterocycles. The fourth-order valence-corrected chi connectivity index (χ4v) is 3.93. The first-order chi connectivity index (χ1) is 10.8. The van der Waals surface area contributed by atoms with Gasteiger partial charge < -0.3 is 4.90 Å². The molecule has 0 aliphatic carbocycles. The van der Waals surface area contributed by atoms with Gasteiger partial charge in [0.25, 0.3) is 0 Å². The lowest BCUT2D eigenvalue weighted by molar-refractivity contribution is -0.131.